The summed E-state index contributed by atoms with van der Waals surface area (Å²) >= 11 is 0. The van der Waals surface area contributed by atoms with Gasteiger partial charge in [0.1, 0.15) is 11.3 Å². The van der Waals surface area contributed by atoms with Gasteiger partial charge in [0.25, 0.3) is 5.56 Å². The number of nitrogens with zero attached hydrogens (tertiary/aromatic N) is 3. The molecule has 0 aliphatic carbocycles. The number of nitrogens with one attached hydrogen (secondary N) is 1. The van der Waals surface area contributed by atoms with Crippen LogP contribution in [0.1, 0.15) is 34.8 Å². The Labute approximate surface area is 154 Å². The Morgan fingerprint density at radius 3 is 2.56 bits per heavy atom. The largest absolute Gasteiger partial charge is 0.477 e. The third kappa shape index (κ3) is 2.99. The predicted octanol–water partition coefficient (Wildman–Crippen LogP) is 1.72. The molecule has 1 aromatic carbocycles. The van der Waals surface area contributed by atoms with Crippen molar-refractivity contribution in [1.29, 1.82) is 0 Å². The highest BCUT2D eigenvalue weighted by atomic mass is 16.4. The summed E-state index contributed by atoms with van der Waals surface area (Å²) in [5, 5.41) is 14.3. The van der Waals surface area contributed by atoms with Crippen LogP contribution < -0.4 is 5.56 Å². The lowest BCUT2D eigenvalue weighted by molar-refractivity contribution is -0.119. The van der Waals surface area contributed by atoms with Crippen molar-refractivity contribution in [3.63, 3.8) is 0 Å². The van der Waals surface area contributed by atoms with E-state index < -0.39 is 5.97 Å². The molecule has 2 aromatic heterocycles. The molecular formula is C19H18N4O4. The van der Waals surface area contributed by atoms with Gasteiger partial charge < -0.3 is 15.0 Å². The Morgan fingerprint density at radius 2 is 1.93 bits per heavy atom. The molecule has 8 heteroatoms. The van der Waals surface area contributed by atoms with Crippen molar-refractivity contribution < 1.29 is 14.7 Å². The van der Waals surface area contributed by atoms with E-state index in [9.17, 15) is 19.5 Å². The van der Waals surface area contributed by atoms with Crippen molar-refractivity contribution in [3.05, 3.63) is 58.0 Å². The van der Waals surface area contributed by atoms with Gasteiger partial charge in [0.05, 0.1) is 5.69 Å². The Hall–Kier alpha value is -3.42. The number of aromatic amines is 1. The van der Waals surface area contributed by atoms with Crippen LogP contribution in [-0.2, 0) is 4.79 Å². The minimum atomic E-state index is -1.15. The minimum Gasteiger partial charge on any atom is -0.477 e. The van der Waals surface area contributed by atoms with E-state index in [4.69, 9.17) is 0 Å². The van der Waals surface area contributed by atoms with E-state index in [1.165, 1.54) is 10.6 Å². The topological polar surface area (TPSA) is 108 Å². The Balaban J connectivity index is 1.90. The number of aromatic nitrogens is 3. The second-order valence-electron chi connectivity index (χ2n) is 6.63. The van der Waals surface area contributed by atoms with E-state index in [0.717, 1.165) is 6.41 Å². The van der Waals surface area contributed by atoms with E-state index in [2.05, 4.69) is 10.1 Å². The third-order valence-electron chi connectivity index (χ3n) is 5.01. The molecule has 1 aliphatic heterocycles. The van der Waals surface area contributed by atoms with Crippen molar-refractivity contribution in [2.24, 2.45) is 0 Å². The molecule has 0 radical (unpaired) electrons. The molecule has 2 N–H and O–H groups in total. The summed E-state index contributed by atoms with van der Waals surface area (Å²) in [6.45, 7) is 1.20. The van der Waals surface area contributed by atoms with Gasteiger partial charge in [-0.25, -0.2) is 9.31 Å². The van der Waals surface area contributed by atoms with Crippen LogP contribution >= 0.6 is 0 Å². The molecular weight excluding hydrogens is 348 g/mol. The maximum absolute atomic E-state index is 12.2. The van der Waals surface area contributed by atoms with Gasteiger partial charge in [0.15, 0.2) is 5.65 Å². The van der Waals surface area contributed by atoms with Crippen LogP contribution in [0, 0.1) is 0 Å². The van der Waals surface area contributed by atoms with E-state index in [-0.39, 0.29) is 22.7 Å². The quantitative estimate of drug-likeness (QED) is 0.684. The lowest BCUT2D eigenvalue weighted by Crippen LogP contribution is -2.32. The summed E-state index contributed by atoms with van der Waals surface area (Å²) < 4.78 is 1.54. The Morgan fingerprint density at radius 1 is 1.22 bits per heavy atom. The molecule has 3 aromatic rings. The number of hydrogen-bond acceptors (Lipinski definition) is 4. The second-order valence-corrected chi connectivity index (χ2v) is 6.63. The number of aromatic carboxylic acids is 1. The fourth-order valence-corrected chi connectivity index (χ4v) is 3.66. The molecule has 27 heavy (non-hydrogen) atoms. The number of H-pyrrole nitrogens is 1. The fraction of sp³-hybridized carbons (Fsp3) is 0.263. The standard InChI is InChI=1S/C19H18N4O4/c24-11-22-8-6-12(7-9-22)14-10-15(25)20-18-16(19(26)27)17(21-23(14)18)13-4-2-1-3-5-13/h1-5,10-12H,6-9H2,(H,20,25)(H,26,27). The van der Waals surface area contributed by atoms with E-state index >= 15 is 0 Å². The number of amides is 1. The smallest absolute Gasteiger partial charge is 0.341 e. The molecule has 0 atom stereocenters. The van der Waals surface area contributed by atoms with Crippen LogP contribution in [-0.4, -0.2) is 50.1 Å². The van der Waals surface area contributed by atoms with Crippen LogP contribution in [0.4, 0.5) is 0 Å². The van der Waals surface area contributed by atoms with Crippen LogP contribution in [0.5, 0.6) is 0 Å². The molecule has 0 saturated carbocycles. The summed E-state index contributed by atoms with van der Waals surface area (Å²) in [5.41, 5.74) is 1.45. The number of carbonyl (C=O) groups is 2. The number of benzene rings is 1. The number of carboxylic acid groups (broad SMARTS) is 1. The number of piperidine rings is 1. The second kappa shape index (κ2) is 6.71. The molecule has 0 spiro atoms. The van der Waals surface area contributed by atoms with Crippen LogP contribution in [0.25, 0.3) is 16.9 Å². The number of carboxylic acids is 1. The highest BCUT2D eigenvalue weighted by Gasteiger charge is 2.27. The molecule has 8 nitrogen and oxygen atoms in total. The summed E-state index contributed by atoms with van der Waals surface area (Å²) in [7, 11) is 0. The Kier molecular flexibility index (Phi) is 4.23. The minimum absolute atomic E-state index is 0.0227. The lowest BCUT2D eigenvalue weighted by atomic mass is 9.93. The van der Waals surface area contributed by atoms with Crippen molar-refractivity contribution in [1.82, 2.24) is 19.5 Å². The maximum atomic E-state index is 12.2. The average molecular weight is 366 g/mol. The van der Waals surface area contributed by atoms with E-state index in [1.807, 2.05) is 18.2 Å². The van der Waals surface area contributed by atoms with Gasteiger partial charge in [-0.15, -0.1) is 0 Å². The zero-order valence-corrected chi connectivity index (χ0v) is 14.5. The first kappa shape index (κ1) is 17.0. The van der Waals surface area contributed by atoms with E-state index in [0.29, 0.717) is 42.9 Å². The van der Waals surface area contributed by atoms with Crippen LogP contribution in [0.2, 0.25) is 0 Å². The van der Waals surface area contributed by atoms with Crippen LogP contribution in [0.15, 0.2) is 41.2 Å². The number of rotatable bonds is 4. The van der Waals surface area contributed by atoms with Crippen molar-refractivity contribution in [2.45, 2.75) is 18.8 Å². The van der Waals surface area contributed by atoms with Gasteiger partial charge in [-0.3, -0.25) is 9.59 Å². The summed E-state index contributed by atoms with van der Waals surface area (Å²) in [4.78, 5) is 39.4. The molecule has 0 unspecified atom stereocenters. The predicted molar refractivity (Wildman–Crippen MR) is 97.8 cm³/mol. The SMILES string of the molecule is O=CN1CCC(c2cc(=O)[nH]c3c(C(=O)O)c(-c4ccccc4)nn23)CC1. The molecule has 4 rings (SSSR count). The van der Waals surface area contributed by atoms with Crippen molar-refractivity contribution >= 4 is 18.0 Å². The maximum Gasteiger partial charge on any atom is 0.341 e. The summed E-state index contributed by atoms with van der Waals surface area (Å²) in [6.07, 6.45) is 2.22. The van der Waals surface area contributed by atoms with Gasteiger partial charge >= 0.3 is 5.97 Å². The number of carbonyl (C=O) groups excluding carboxylic acids is 1. The molecule has 3 heterocycles. The van der Waals surface area contributed by atoms with E-state index in [1.54, 1.807) is 17.0 Å². The number of likely N-dealkylation sites (tertiary alicyclic amines) is 1. The normalized spacial score (nSPS) is 15.2. The fourth-order valence-electron chi connectivity index (χ4n) is 3.66. The highest BCUT2D eigenvalue weighted by molar-refractivity contribution is 6.01. The van der Waals surface area contributed by atoms with Crippen molar-refractivity contribution in [3.8, 4) is 11.3 Å². The molecule has 1 amide bonds. The first-order chi connectivity index (χ1) is 13.1. The highest BCUT2D eigenvalue weighted by Crippen LogP contribution is 2.30. The monoisotopic (exact) mass is 366 g/mol. The first-order valence-corrected chi connectivity index (χ1v) is 8.72. The zero-order valence-electron chi connectivity index (χ0n) is 14.5. The van der Waals surface area contributed by atoms with Crippen molar-refractivity contribution in [2.75, 3.05) is 13.1 Å². The molecule has 1 aliphatic rings. The van der Waals surface area contributed by atoms with Gasteiger partial charge in [0.2, 0.25) is 6.41 Å². The third-order valence-corrected chi connectivity index (χ3v) is 5.01. The number of fused-ring (bicyclic) bond motifs is 1. The van der Waals surface area contributed by atoms with Gasteiger partial charge in [-0.05, 0) is 12.8 Å². The van der Waals surface area contributed by atoms with Gasteiger partial charge in [-0.1, -0.05) is 30.3 Å². The molecule has 1 fully saturated rings. The average Bonchev–Trinajstić information content (AvgIpc) is 3.07. The molecule has 1 saturated heterocycles. The Bertz CT molecular complexity index is 1060. The number of hydrogen-bond donors (Lipinski definition) is 2. The zero-order chi connectivity index (χ0) is 19.0. The van der Waals surface area contributed by atoms with Gasteiger partial charge in [-0.2, -0.15) is 5.10 Å². The molecule has 138 valence electrons. The molecule has 0 bridgehead atoms. The summed E-state index contributed by atoms with van der Waals surface area (Å²) in [6, 6.07) is 10.5. The van der Waals surface area contributed by atoms with Crippen LogP contribution in [0.3, 0.4) is 0 Å². The van der Waals surface area contributed by atoms with Gasteiger partial charge in [0, 0.05) is 30.6 Å². The first-order valence-electron chi connectivity index (χ1n) is 8.72. The lowest BCUT2D eigenvalue weighted by Gasteiger charge is -2.29. The summed E-state index contributed by atoms with van der Waals surface area (Å²) in [5.74, 6) is -1.12.